The van der Waals surface area contributed by atoms with E-state index >= 15 is 0 Å². The summed E-state index contributed by atoms with van der Waals surface area (Å²) in [5, 5.41) is 0.893. The highest BCUT2D eigenvalue weighted by molar-refractivity contribution is 8.00. The highest BCUT2D eigenvalue weighted by Gasteiger charge is 2.26. The molecule has 2 aromatic carbocycles. The molecule has 0 spiro atoms. The van der Waals surface area contributed by atoms with Crippen LogP contribution in [-0.4, -0.2) is 38.7 Å². The topological polar surface area (TPSA) is 55.2 Å². The summed E-state index contributed by atoms with van der Waals surface area (Å²) in [6.07, 6.45) is 2.10. The lowest BCUT2D eigenvalue weighted by Gasteiger charge is -2.32. The van der Waals surface area contributed by atoms with Gasteiger partial charge in [-0.15, -0.1) is 0 Å². The minimum Gasteiger partial charge on any atom is -0.342 e. The predicted octanol–water partition coefficient (Wildman–Crippen LogP) is 4.49. The molecule has 0 N–H and O–H groups in total. The third kappa shape index (κ3) is 4.85. The van der Waals surface area contributed by atoms with Crippen LogP contribution < -0.4 is 5.56 Å². The van der Waals surface area contributed by atoms with Crippen molar-refractivity contribution >= 4 is 28.6 Å². The number of para-hydroxylation sites is 1. The van der Waals surface area contributed by atoms with Crippen molar-refractivity contribution in [1.29, 1.82) is 0 Å². The second-order valence-corrected chi connectivity index (χ2v) is 9.86. The van der Waals surface area contributed by atoms with Gasteiger partial charge in [0.2, 0.25) is 5.91 Å². The van der Waals surface area contributed by atoms with E-state index in [0.29, 0.717) is 28.5 Å². The average Bonchev–Trinajstić information content (AvgIpc) is 2.77. The summed E-state index contributed by atoms with van der Waals surface area (Å²) in [6.45, 7) is 8.26. The molecule has 1 aromatic heterocycles. The molecule has 1 saturated heterocycles. The molecular weight excluding hydrogens is 406 g/mol. The summed E-state index contributed by atoms with van der Waals surface area (Å²) in [4.78, 5) is 33.1. The molecule has 1 atom stereocenters. The molecule has 1 aliphatic heterocycles. The van der Waals surface area contributed by atoms with E-state index in [4.69, 9.17) is 4.98 Å². The van der Waals surface area contributed by atoms with Gasteiger partial charge in [-0.2, -0.15) is 0 Å². The van der Waals surface area contributed by atoms with Crippen LogP contribution >= 0.6 is 11.8 Å². The number of nitrogens with zero attached hydrogens (tertiary/aromatic N) is 3. The average molecular weight is 436 g/mol. The number of likely N-dealkylation sites (tertiary alicyclic amines) is 1. The van der Waals surface area contributed by atoms with Gasteiger partial charge in [-0.3, -0.25) is 14.2 Å². The zero-order valence-corrected chi connectivity index (χ0v) is 19.2. The Morgan fingerprint density at radius 2 is 1.81 bits per heavy atom. The number of rotatable bonds is 5. The lowest BCUT2D eigenvalue weighted by molar-refractivity contribution is -0.131. The highest BCUT2D eigenvalue weighted by atomic mass is 32.2. The van der Waals surface area contributed by atoms with Gasteiger partial charge in [0.05, 0.1) is 22.7 Å². The number of aryl methyl sites for hydroxylation is 1. The Kier molecular flexibility index (Phi) is 6.46. The van der Waals surface area contributed by atoms with Gasteiger partial charge in [0.15, 0.2) is 5.16 Å². The number of piperidine rings is 1. The molecule has 2 heterocycles. The van der Waals surface area contributed by atoms with Crippen LogP contribution in [0.2, 0.25) is 0 Å². The van der Waals surface area contributed by atoms with E-state index in [1.807, 2.05) is 67.3 Å². The standard InChI is InChI=1S/C25H29N3O2S/c1-17-8-10-20(11-9-17)16-28-24(30)21-6-4-5-7-22(21)26-25(28)31-19(3)23(29)27-14-12-18(2)13-15-27/h4-11,18-19H,12-16H2,1-3H3. The number of hydrogen-bond donors (Lipinski definition) is 0. The van der Waals surface area contributed by atoms with Gasteiger partial charge in [0.25, 0.3) is 5.56 Å². The Morgan fingerprint density at radius 3 is 2.52 bits per heavy atom. The normalized spacial score (nSPS) is 15.9. The maximum atomic E-state index is 13.3. The summed E-state index contributed by atoms with van der Waals surface area (Å²) in [5.41, 5.74) is 2.81. The molecule has 0 aliphatic carbocycles. The number of aromatic nitrogens is 2. The fourth-order valence-corrected chi connectivity index (χ4v) is 4.94. The van der Waals surface area contributed by atoms with E-state index < -0.39 is 0 Å². The van der Waals surface area contributed by atoms with Crippen molar-refractivity contribution in [2.75, 3.05) is 13.1 Å². The highest BCUT2D eigenvalue weighted by Crippen LogP contribution is 2.26. The van der Waals surface area contributed by atoms with Gasteiger partial charge in [-0.05, 0) is 50.3 Å². The maximum Gasteiger partial charge on any atom is 0.262 e. The summed E-state index contributed by atoms with van der Waals surface area (Å²) in [6, 6.07) is 15.6. The maximum absolute atomic E-state index is 13.3. The smallest absolute Gasteiger partial charge is 0.262 e. The number of thioether (sulfide) groups is 1. The monoisotopic (exact) mass is 435 g/mol. The van der Waals surface area contributed by atoms with Crippen LogP contribution in [0.25, 0.3) is 10.9 Å². The van der Waals surface area contributed by atoms with Crippen molar-refractivity contribution in [2.24, 2.45) is 5.92 Å². The van der Waals surface area contributed by atoms with Gasteiger partial charge in [0, 0.05) is 13.1 Å². The first-order chi connectivity index (χ1) is 14.9. The quantitative estimate of drug-likeness (QED) is 0.438. The fourth-order valence-electron chi connectivity index (χ4n) is 3.95. The van der Waals surface area contributed by atoms with Gasteiger partial charge >= 0.3 is 0 Å². The van der Waals surface area contributed by atoms with Gasteiger partial charge in [0.1, 0.15) is 0 Å². The molecule has 3 aromatic rings. The molecule has 31 heavy (non-hydrogen) atoms. The SMILES string of the molecule is Cc1ccc(Cn2c(SC(C)C(=O)N3CCC(C)CC3)nc3ccccc3c2=O)cc1. The Bertz CT molecular complexity index is 1130. The van der Waals surface area contributed by atoms with Gasteiger partial charge in [-0.1, -0.05) is 60.6 Å². The molecular formula is C25H29N3O2S. The van der Waals surface area contributed by atoms with Crippen LogP contribution in [0.1, 0.15) is 37.8 Å². The zero-order chi connectivity index (χ0) is 22.0. The Balaban J connectivity index is 1.65. The molecule has 6 heteroatoms. The molecule has 1 aliphatic rings. The predicted molar refractivity (Wildman–Crippen MR) is 127 cm³/mol. The number of hydrogen-bond acceptors (Lipinski definition) is 4. The lowest BCUT2D eigenvalue weighted by atomic mass is 9.99. The van der Waals surface area contributed by atoms with E-state index in [0.717, 1.165) is 31.5 Å². The van der Waals surface area contributed by atoms with Crippen LogP contribution in [0.15, 0.2) is 58.5 Å². The molecule has 162 valence electrons. The second-order valence-electron chi connectivity index (χ2n) is 8.56. The first-order valence-electron chi connectivity index (χ1n) is 10.9. The summed E-state index contributed by atoms with van der Waals surface area (Å²) >= 11 is 1.38. The minimum atomic E-state index is -0.300. The van der Waals surface area contributed by atoms with Crippen LogP contribution in [-0.2, 0) is 11.3 Å². The largest absolute Gasteiger partial charge is 0.342 e. The summed E-state index contributed by atoms with van der Waals surface area (Å²) in [7, 11) is 0. The first kappa shape index (κ1) is 21.6. The van der Waals surface area contributed by atoms with Crippen molar-refractivity contribution in [1.82, 2.24) is 14.5 Å². The molecule has 0 bridgehead atoms. The third-order valence-electron chi connectivity index (χ3n) is 6.01. The van der Waals surface area contributed by atoms with Crippen molar-refractivity contribution in [3.63, 3.8) is 0 Å². The van der Waals surface area contributed by atoms with Gasteiger partial charge < -0.3 is 4.90 Å². The van der Waals surface area contributed by atoms with E-state index in [1.165, 1.54) is 17.3 Å². The van der Waals surface area contributed by atoms with Crippen molar-refractivity contribution in [3.8, 4) is 0 Å². The molecule has 1 fully saturated rings. The lowest BCUT2D eigenvalue weighted by Crippen LogP contribution is -2.42. The molecule has 1 unspecified atom stereocenters. The summed E-state index contributed by atoms with van der Waals surface area (Å²) < 4.78 is 1.71. The van der Waals surface area contributed by atoms with Crippen LogP contribution in [0.3, 0.4) is 0 Å². The van der Waals surface area contributed by atoms with E-state index in [9.17, 15) is 9.59 Å². The molecule has 0 saturated carbocycles. The van der Waals surface area contributed by atoms with Crippen molar-refractivity contribution in [2.45, 2.75) is 50.6 Å². The van der Waals surface area contributed by atoms with Gasteiger partial charge in [-0.25, -0.2) is 4.98 Å². The number of fused-ring (bicyclic) bond motifs is 1. The van der Waals surface area contributed by atoms with E-state index in [1.54, 1.807) is 4.57 Å². The van der Waals surface area contributed by atoms with Crippen molar-refractivity contribution in [3.05, 3.63) is 70.0 Å². The number of amides is 1. The van der Waals surface area contributed by atoms with Crippen LogP contribution in [0.4, 0.5) is 0 Å². The van der Waals surface area contributed by atoms with E-state index in [2.05, 4.69) is 6.92 Å². The first-order valence-corrected chi connectivity index (χ1v) is 11.8. The molecule has 5 nitrogen and oxygen atoms in total. The number of benzene rings is 2. The third-order valence-corrected chi connectivity index (χ3v) is 7.09. The number of carbonyl (C=O) groups excluding carboxylic acids is 1. The zero-order valence-electron chi connectivity index (χ0n) is 18.4. The number of carbonyl (C=O) groups is 1. The van der Waals surface area contributed by atoms with E-state index in [-0.39, 0.29) is 16.7 Å². The molecule has 4 rings (SSSR count). The Morgan fingerprint density at radius 1 is 1.13 bits per heavy atom. The molecule has 1 amide bonds. The molecule has 0 radical (unpaired) electrons. The second kappa shape index (κ2) is 9.27. The fraction of sp³-hybridized carbons (Fsp3) is 0.400. The minimum absolute atomic E-state index is 0.0693. The summed E-state index contributed by atoms with van der Waals surface area (Å²) in [5.74, 6) is 0.801. The Labute approximate surface area is 187 Å². The van der Waals surface area contributed by atoms with Crippen LogP contribution in [0, 0.1) is 12.8 Å². The van der Waals surface area contributed by atoms with Crippen molar-refractivity contribution < 1.29 is 4.79 Å². The Hall–Kier alpha value is -2.60. The van der Waals surface area contributed by atoms with Crippen LogP contribution in [0.5, 0.6) is 0 Å².